The van der Waals surface area contributed by atoms with Gasteiger partial charge in [-0.25, -0.2) is 0 Å². The molecule has 2 N–H and O–H groups in total. The minimum absolute atomic E-state index is 0.196. The molecule has 0 aromatic heterocycles. The van der Waals surface area contributed by atoms with E-state index >= 15 is 0 Å². The molecule has 0 saturated carbocycles. The van der Waals surface area contributed by atoms with Crippen molar-refractivity contribution >= 4 is 23.4 Å². The molecule has 170 valence electrons. The zero-order valence-electron chi connectivity index (χ0n) is 19.4. The van der Waals surface area contributed by atoms with E-state index < -0.39 is 4.75 Å². The Hall–Kier alpha value is -3.76. The van der Waals surface area contributed by atoms with Crippen molar-refractivity contribution in [3.63, 3.8) is 0 Å². The van der Waals surface area contributed by atoms with E-state index in [0.717, 1.165) is 27.9 Å². The standard InChI is InChI=1S/C30H28N2OS/c1-23-13-12-20-27(21-23)32(2)29(33)28(31)22-34-30(24-14-6-3-7-15-24,25-16-8-4-9-17-25)26-18-10-5-11-19-26/h3-22H,31H2,1-2H3/b28-22-. The molecule has 0 heterocycles. The fourth-order valence-electron chi connectivity index (χ4n) is 4.07. The Morgan fingerprint density at radius 1 is 0.765 bits per heavy atom. The van der Waals surface area contributed by atoms with E-state index in [1.54, 1.807) is 29.1 Å². The summed E-state index contributed by atoms with van der Waals surface area (Å²) in [5.74, 6) is -0.235. The summed E-state index contributed by atoms with van der Waals surface area (Å²) in [4.78, 5) is 14.8. The fourth-order valence-corrected chi connectivity index (χ4v) is 5.29. The summed E-state index contributed by atoms with van der Waals surface area (Å²) in [6.45, 7) is 2.00. The van der Waals surface area contributed by atoms with Gasteiger partial charge in [0.2, 0.25) is 0 Å². The molecule has 0 saturated heterocycles. The van der Waals surface area contributed by atoms with Gasteiger partial charge in [-0.1, -0.05) is 103 Å². The summed E-state index contributed by atoms with van der Waals surface area (Å²) in [5, 5.41) is 1.79. The Balaban J connectivity index is 1.79. The Morgan fingerprint density at radius 2 is 1.24 bits per heavy atom. The summed E-state index contributed by atoms with van der Waals surface area (Å²) in [6, 6.07) is 38.9. The monoisotopic (exact) mass is 464 g/mol. The Labute approximate surface area is 205 Å². The third-order valence-electron chi connectivity index (χ3n) is 5.84. The van der Waals surface area contributed by atoms with Gasteiger partial charge in [-0.3, -0.25) is 4.79 Å². The van der Waals surface area contributed by atoms with Gasteiger partial charge in [-0.15, -0.1) is 11.8 Å². The zero-order valence-corrected chi connectivity index (χ0v) is 20.2. The molecule has 3 nitrogen and oxygen atoms in total. The SMILES string of the molecule is Cc1cccc(N(C)C(=O)/C(N)=C/SC(c2ccccc2)(c2ccccc2)c2ccccc2)c1. The van der Waals surface area contributed by atoms with E-state index in [-0.39, 0.29) is 11.6 Å². The van der Waals surface area contributed by atoms with Crippen LogP contribution < -0.4 is 10.6 Å². The molecule has 4 aromatic carbocycles. The molecule has 0 spiro atoms. The number of carbonyl (C=O) groups is 1. The fraction of sp³-hybridized carbons (Fsp3) is 0.100. The van der Waals surface area contributed by atoms with Crippen molar-refractivity contribution in [2.24, 2.45) is 5.73 Å². The van der Waals surface area contributed by atoms with Crippen molar-refractivity contribution in [3.8, 4) is 0 Å². The highest BCUT2D eigenvalue weighted by Crippen LogP contribution is 2.49. The molecule has 0 atom stereocenters. The van der Waals surface area contributed by atoms with E-state index in [0.29, 0.717) is 0 Å². The molecule has 34 heavy (non-hydrogen) atoms. The minimum atomic E-state index is -0.573. The van der Waals surface area contributed by atoms with Gasteiger partial charge in [0.1, 0.15) is 5.70 Å². The summed E-state index contributed by atoms with van der Waals surface area (Å²) in [7, 11) is 1.75. The van der Waals surface area contributed by atoms with Crippen molar-refractivity contribution in [2.45, 2.75) is 11.7 Å². The highest BCUT2D eigenvalue weighted by molar-refractivity contribution is 8.03. The van der Waals surface area contributed by atoms with Gasteiger partial charge in [-0.2, -0.15) is 0 Å². The van der Waals surface area contributed by atoms with E-state index in [1.165, 1.54) is 0 Å². The second kappa shape index (κ2) is 10.4. The van der Waals surface area contributed by atoms with Gasteiger partial charge in [0.05, 0.1) is 4.75 Å². The molecular weight excluding hydrogens is 436 g/mol. The first-order valence-corrected chi connectivity index (χ1v) is 12.0. The Morgan fingerprint density at radius 3 is 1.68 bits per heavy atom. The topological polar surface area (TPSA) is 46.3 Å². The maximum atomic E-state index is 13.2. The van der Waals surface area contributed by atoms with Crippen LogP contribution in [0.3, 0.4) is 0 Å². The van der Waals surface area contributed by atoms with Crippen LogP contribution in [0.2, 0.25) is 0 Å². The average molecular weight is 465 g/mol. The summed E-state index contributed by atoms with van der Waals surface area (Å²) in [5.41, 5.74) is 11.8. The quantitative estimate of drug-likeness (QED) is 0.251. The molecule has 0 aliphatic rings. The van der Waals surface area contributed by atoms with Gasteiger partial charge in [0.25, 0.3) is 5.91 Å². The van der Waals surface area contributed by atoms with Crippen LogP contribution >= 0.6 is 11.8 Å². The summed E-state index contributed by atoms with van der Waals surface area (Å²) in [6.07, 6.45) is 0. The van der Waals surface area contributed by atoms with Gasteiger partial charge < -0.3 is 10.6 Å². The lowest BCUT2D eigenvalue weighted by Crippen LogP contribution is -2.31. The number of likely N-dealkylation sites (N-methyl/N-ethyl adjacent to an activating group) is 1. The molecule has 4 rings (SSSR count). The minimum Gasteiger partial charge on any atom is -0.394 e. The molecular formula is C30H28N2OS. The van der Waals surface area contributed by atoms with E-state index in [9.17, 15) is 4.79 Å². The number of benzene rings is 4. The highest BCUT2D eigenvalue weighted by atomic mass is 32.2. The molecule has 0 aliphatic heterocycles. The van der Waals surface area contributed by atoms with E-state index in [1.807, 2.05) is 85.8 Å². The molecule has 4 heteroatoms. The lowest BCUT2D eigenvalue weighted by Gasteiger charge is -2.34. The van der Waals surface area contributed by atoms with Gasteiger partial charge in [0, 0.05) is 18.1 Å². The first kappa shape index (κ1) is 23.4. The highest BCUT2D eigenvalue weighted by Gasteiger charge is 2.36. The molecule has 0 radical (unpaired) electrons. The first-order valence-electron chi connectivity index (χ1n) is 11.2. The zero-order chi connectivity index (χ0) is 24.0. The van der Waals surface area contributed by atoms with Crippen LogP contribution in [-0.2, 0) is 9.54 Å². The van der Waals surface area contributed by atoms with Crippen LogP contribution in [0.25, 0.3) is 0 Å². The van der Waals surface area contributed by atoms with Crippen molar-refractivity contribution < 1.29 is 4.79 Å². The van der Waals surface area contributed by atoms with Crippen LogP contribution in [0.15, 0.2) is 126 Å². The maximum absolute atomic E-state index is 13.2. The third kappa shape index (κ3) is 4.78. The van der Waals surface area contributed by atoms with E-state index in [2.05, 4.69) is 36.4 Å². The number of anilines is 1. The largest absolute Gasteiger partial charge is 0.394 e. The number of aryl methyl sites for hydroxylation is 1. The number of thioether (sulfide) groups is 1. The van der Waals surface area contributed by atoms with Gasteiger partial charge in [-0.05, 0) is 41.3 Å². The third-order valence-corrected chi connectivity index (χ3v) is 7.28. The molecule has 0 bridgehead atoms. The number of nitrogens with zero attached hydrogens (tertiary/aromatic N) is 1. The van der Waals surface area contributed by atoms with Crippen molar-refractivity contribution in [3.05, 3.63) is 149 Å². The first-order chi connectivity index (χ1) is 16.5. The molecule has 4 aromatic rings. The Kier molecular flexibility index (Phi) is 7.19. The smallest absolute Gasteiger partial charge is 0.274 e. The lowest BCUT2D eigenvalue weighted by atomic mass is 9.84. The van der Waals surface area contributed by atoms with Crippen molar-refractivity contribution in [1.29, 1.82) is 0 Å². The number of rotatable bonds is 7. The maximum Gasteiger partial charge on any atom is 0.274 e. The van der Waals surface area contributed by atoms with Crippen LogP contribution in [0.1, 0.15) is 22.3 Å². The summed E-state index contributed by atoms with van der Waals surface area (Å²) < 4.78 is -0.573. The van der Waals surface area contributed by atoms with Crippen molar-refractivity contribution in [1.82, 2.24) is 0 Å². The normalized spacial score (nSPS) is 11.8. The van der Waals surface area contributed by atoms with Gasteiger partial charge in [0.15, 0.2) is 0 Å². The summed E-state index contributed by atoms with van der Waals surface area (Å²) >= 11 is 1.55. The van der Waals surface area contributed by atoms with Crippen molar-refractivity contribution in [2.75, 3.05) is 11.9 Å². The predicted molar refractivity (Wildman–Crippen MR) is 144 cm³/mol. The second-order valence-corrected chi connectivity index (χ2v) is 9.26. The van der Waals surface area contributed by atoms with Crippen LogP contribution in [0.4, 0.5) is 5.69 Å². The molecule has 0 fully saturated rings. The predicted octanol–water partition coefficient (Wildman–Crippen LogP) is 6.48. The number of carbonyl (C=O) groups excluding carboxylic acids is 1. The average Bonchev–Trinajstić information content (AvgIpc) is 2.90. The van der Waals surface area contributed by atoms with Crippen LogP contribution in [0, 0.1) is 6.92 Å². The lowest BCUT2D eigenvalue weighted by molar-refractivity contribution is -0.114. The number of hydrogen-bond acceptors (Lipinski definition) is 3. The molecule has 0 aliphatic carbocycles. The van der Waals surface area contributed by atoms with Gasteiger partial charge >= 0.3 is 0 Å². The van der Waals surface area contributed by atoms with Crippen LogP contribution in [0.5, 0.6) is 0 Å². The molecule has 1 amide bonds. The Bertz CT molecular complexity index is 1170. The molecule has 0 unspecified atom stereocenters. The number of hydrogen-bond donors (Lipinski definition) is 1. The number of amides is 1. The second-order valence-electron chi connectivity index (χ2n) is 8.17. The van der Waals surface area contributed by atoms with E-state index in [4.69, 9.17) is 5.73 Å². The van der Waals surface area contributed by atoms with Crippen LogP contribution in [-0.4, -0.2) is 13.0 Å². The number of nitrogens with two attached hydrogens (primary N) is 1.